The van der Waals surface area contributed by atoms with Gasteiger partial charge in [-0.1, -0.05) is 91.0 Å². The minimum atomic E-state index is -1.000. The molecule has 18 nitrogen and oxygen atoms in total. The lowest BCUT2D eigenvalue weighted by Gasteiger charge is -2.30. The number of hydrogen-bond donors (Lipinski definition) is 5. The van der Waals surface area contributed by atoms with Crippen molar-refractivity contribution in [2.45, 2.75) is 71.1 Å². The first-order chi connectivity index (χ1) is 27.9. The second-order valence-electron chi connectivity index (χ2n) is 13.3. The first kappa shape index (κ1) is 43.7. The van der Waals surface area contributed by atoms with Gasteiger partial charge in [0.25, 0.3) is 5.91 Å². The number of nitrogens with two attached hydrogens (primary N) is 1. The molecule has 3 aromatic rings. The summed E-state index contributed by atoms with van der Waals surface area (Å²) in [5, 5.41) is 9.92. The van der Waals surface area contributed by atoms with E-state index < -0.39 is 54.3 Å². The molecule has 1 unspecified atom stereocenters. The van der Waals surface area contributed by atoms with Crippen LogP contribution in [0.4, 0.5) is 19.2 Å². The summed E-state index contributed by atoms with van der Waals surface area (Å²) >= 11 is 0. The molecule has 0 aromatic heterocycles. The van der Waals surface area contributed by atoms with Crippen LogP contribution >= 0.6 is 0 Å². The van der Waals surface area contributed by atoms with E-state index in [1.807, 2.05) is 66.7 Å². The van der Waals surface area contributed by atoms with E-state index in [0.717, 1.165) is 16.7 Å². The van der Waals surface area contributed by atoms with Crippen LogP contribution in [-0.2, 0) is 43.6 Å². The van der Waals surface area contributed by atoms with Gasteiger partial charge in [0, 0.05) is 32.1 Å². The second kappa shape index (κ2) is 22.5. The third-order valence-electron chi connectivity index (χ3n) is 8.57. The topological polar surface area (TPSA) is 235 Å². The lowest BCUT2D eigenvalue weighted by atomic mass is 10.1. The maximum absolute atomic E-state index is 13.5. The molecule has 6 N–H and O–H groups in total. The Morgan fingerprint density at radius 2 is 1.38 bits per heavy atom. The van der Waals surface area contributed by atoms with Gasteiger partial charge in [-0.15, -0.1) is 0 Å². The highest BCUT2D eigenvalue weighted by molar-refractivity contribution is 6.07. The highest BCUT2D eigenvalue weighted by Crippen LogP contribution is 2.13. The minimum Gasteiger partial charge on any atom is -0.445 e. The van der Waals surface area contributed by atoms with Gasteiger partial charge in [0.15, 0.2) is 0 Å². The molecule has 0 radical (unpaired) electrons. The molecule has 58 heavy (non-hydrogen) atoms. The molecule has 1 heterocycles. The number of hydrogen-bond acceptors (Lipinski definition) is 11. The highest BCUT2D eigenvalue weighted by Gasteiger charge is 2.32. The fourth-order valence-corrected chi connectivity index (χ4v) is 5.55. The number of urea groups is 1. The quantitative estimate of drug-likeness (QED) is 0.0651. The van der Waals surface area contributed by atoms with Gasteiger partial charge < -0.3 is 30.2 Å². The van der Waals surface area contributed by atoms with Crippen LogP contribution in [0.3, 0.4) is 0 Å². The van der Waals surface area contributed by atoms with E-state index in [9.17, 15) is 28.8 Å². The molecule has 1 aliphatic heterocycles. The molecule has 18 heteroatoms. The predicted molar refractivity (Wildman–Crippen MR) is 213 cm³/mol. The maximum atomic E-state index is 13.5. The molecule has 0 bridgehead atoms. The summed E-state index contributed by atoms with van der Waals surface area (Å²) in [5.41, 5.74) is 7.38. The molecule has 1 aliphatic rings. The number of ether oxygens (including phenoxy) is 3. The van der Waals surface area contributed by atoms with Gasteiger partial charge in [-0.3, -0.25) is 30.5 Å². The number of aliphatic imine (C=N–C) groups is 2. The summed E-state index contributed by atoms with van der Waals surface area (Å²) in [6.45, 7) is 3.28. The molecule has 0 saturated carbocycles. The molecule has 2 atom stereocenters. The molecule has 0 saturated heterocycles. The molecule has 7 amide bonds. The smallest absolute Gasteiger partial charge is 0.417 e. The number of nitrogens with zero attached hydrogens (tertiary/aromatic N) is 4. The van der Waals surface area contributed by atoms with E-state index in [-0.39, 0.29) is 64.1 Å². The van der Waals surface area contributed by atoms with Crippen molar-refractivity contribution in [1.82, 2.24) is 31.1 Å². The third kappa shape index (κ3) is 14.6. The van der Waals surface area contributed by atoms with Gasteiger partial charge in [0.1, 0.15) is 25.9 Å². The number of primary amides is 1. The summed E-state index contributed by atoms with van der Waals surface area (Å²) in [7, 11) is 1.43. The second-order valence-corrected chi connectivity index (χ2v) is 13.3. The average molecular weight is 800 g/mol. The summed E-state index contributed by atoms with van der Waals surface area (Å²) < 4.78 is 16.4. The molecule has 4 rings (SSSR count). The van der Waals surface area contributed by atoms with Crippen LogP contribution in [0.1, 0.15) is 49.8 Å². The Morgan fingerprint density at radius 1 is 0.845 bits per heavy atom. The highest BCUT2D eigenvalue weighted by atomic mass is 16.6. The number of carbonyl (C=O) groups is 6. The normalized spacial score (nSPS) is 14.2. The summed E-state index contributed by atoms with van der Waals surface area (Å²) in [6, 6.07) is 24.0. The fraction of sp³-hybridized carbons (Fsp3) is 0.350. The number of amides is 7. The van der Waals surface area contributed by atoms with Crippen LogP contribution in [0.2, 0.25) is 0 Å². The van der Waals surface area contributed by atoms with Gasteiger partial charge in [-0.25, -0.2) is 29.1 Å². The van der Waals surface area contributed by atoms with Gasteiger partial charge in [0.2, 0.25) is 17.8 Å². The van der Waals surface area contributed by atoms with Crippen molar-refractivity contribution in [3.8, 4) is 0 Å². The zero-order valence-electron chi connectivity index (χ0n) is 32.6. The van der Waals surface area contributed by atoms with E-state index in [4.69, 9.17) is 19.9 Å². The molecule has 0 fully saturated rings. The van der Waals surface area contributed by atoms with Crippen LogP contribution in [0.5, 0.6) is 0 Å². The SMILES string of the molecule is CC(C)N(C(=O)OCc1ccccc1)C(=NCCC[C@@H](CC(=O)N(C)C1CN=C(NC(N)=O)NC1=O)NC(=O)OCc1ccccc1)NC(=O)OCc1ccccc1. The number of alkyl carbamates (subject to hydrolysis) is 2. The number of nitrogens with one attached hydrogen (secondary N) is 4. The minimum absolute atomic E-state index is 0.0136. The fourth-order valence-electron chi connectivity index (χ4n) is 5.55. The van der Waals surface area contributed by atoms with Crippen molar-refractivity contribution >= 4 is 48.0 Å². The number of rotatable bonds is 15. The van der Waals surface area contributed by atoms with E-state index in [1.54, 1.807) is 38.1 Å². The van der Waals surface area contributed by atoms with Crippen molar-refractivity contribution in [2.24, 2.45) is 15.7 Å². The van der Waals surface area contributed by atoms with Gasteiger partial charge in [-0.2, -0.15) is 0 Å². The molecule has 308 valence electrons. The van der Waals surface area contributed by atoms with Crippen molar-refractivity contribution in [3.63, 3.8) is 0 Å². The molecule has 0 aliphatic carbocycles. The van der Waals surface area contributed by atoms with Crippen LogP contribution in [-0.4, -0.2) is 96.1 Å². The zero-order chi connectivity index (χ0) is 41.9. The van der Waals surface area contributed by atoms with Crippen molar-refractivity contribution in [1.29, 1.82) is 0 Å². The van der Waals surface area contributed by atoms with Gasteiger partial charge in [0.05, 0.1) is 6.54 Å². The predicted octanol–water partition coefficient (Wildman–Crippen LogP) is 3.76. The number of likely N-dealkylation sites (N-methyl/N-ethyl adjacent to an activating group) is 1. The standard InChI is InChI=1S/C40H49N9O9/c1-27(2)49(40(55)58-26-30-18-11-6-12-19-30)37(47-39(54)57-25-29-16-9-5-10-17-29)42-21-13-20-31(44-38(53)56-24-28-14-7-4-8-15-28)22-33(50)48(3)32-23-43-36(45-34(32)51)46-35(41)52/h4-12,14-19,27,31-32H,13,20-26H2,1-3H3,(H,44,53)(H,42,47,54)(H4,41,43,45,46,51,52)/t31-,32?/m0/s1. The first-order valence-corrected chi connectivity index (χ1v) is 18.6. The number of guanidine groups is 2. The van der Waals surface area contributed by atoms with Gasteiger partial charge in [-0.05, 0) is 43.4 Å². The van der Waals surface area contributed by atoms with Gasteiger partial charge >= 0.3 is 24.3 Å². The van der Waals surface area contributed by atoms with Crippen LogP contribution < -0.4 is 27.0 Å². The Bertz CT molecular complexity index is 1910. The Morgan fingerprint density at radius 3 is 1.90 bits per heavy atom. The summed E-state index contributed by atoms with van der Waals surface area (Å²) in [6.07, 6.45) is -2.17. The molecule has 0 spiro atoms. The zero-order valence-corrected chi connectivity index (χ0v) is 32.6. The van der Waals surface area contributed by atoms with E-state index in [0.29, 0.717) is 0 Å². The summed E-state index contributed by atoms with van der Waals surface area (Å²) in [5.74, 6) is -1.33. The number of carbonyl (C=O) groups excluding carboxylic acids is 6. The maximum Gasteiger partial charge on any atom is 0.417 e. The first-order valence-electron chi connectivity index (χ1n) is 18.6. The van der Waals surface area contributed by atoms with Crippen LogP contribution in [0.25, 0.3) is 0 Å². The molecule has 3 aromatic carbocycles. The Hall–Kier alpha value is -6.98. The Kier molecular flexibility index (Phi) is 17.0. The van der Waals surface area contributed by atoms with E-state index in [2.05, 4.69) is 31.3 Å². The van der Waals surface area contributed by atoms with E-state index in [1.165, 1.54) is 16.8 Å². The third-order valence-corrected chi connectivity index (χ3v) is 8.57. The van der Waals surface area contributed by atoms with Crippen LogP contribution in [0.15, 0.2) is 101 Å². The van der Waals surface area contributed by atoms with E-state index >= 15 is 0 Å². The number of benzene rings is 3. The lowest BCUT2D eigenvalue weighted by Crippen LogP contribution is -2.58. The summed E-state index contributed by atoms with van der Waals surface area (Å²) in [4.78, 5) is 88.0. The van der Waals surface area contributed by atoms with Crippen molar-refractivity contribution in [2.75, 3.05) is 20.1 Å². The van der Waals surface area contributed by atoms with Crippen molar-refractivity contribution in [3.05, 3.63) is 108 Å². The average Bonchev–Trinajstić information content (AvgIpc) is 3.20. The molecular formula is C40H49N9O9. The largest absolute Gasteiger partial charge is 0.445 e. The monoisotopic (exact) mass is 799 g/mol. The molecular weight excluding hydrogens is 750 g/mol. The Labute approximate surface area is 336 Å². The van der Waals surface area contributed by atoms with Crippen molar-refractivity contribution < 1.29 is 43.0 Å². The Balaban J connectivity index is 1.47. The lowest BCUT2D eigenvalue weighted by molar-refractivity contribution is -0.138. The van der Waals surface area contributed by atoms with Crippen LogP contribution in [0, 0.1) is 0 Å².